The lowest BCUT2D eigenvalue weighted by Crippen LogP contribution is -2.01. The second-order valence-corrected chi connectivity index (χ2v) is 7.13. The summed E-state index contributed by atoms with van der Waals surface area (Å²) in [5.74, 6) is 1.64. The normalized spacial score (nSPS) is 13.6. The maximum absolute atomic E-state index is 6.38. The Morgan fingerprint density at radius 2 is 2.04 bits per heavy atom. The van der Waals surface area contributed by atoms with E-state index in [4.69, 9.17) is 16.3 Å². The van der Waals surface area contributed by atoms with E-state index < -0.39 is 0 Å². The minimum Gasteiger partial charge on any atom is -0.495 e. The third-order valence-corrected chi connectivity index (χ3v) is 5.08. The van der Waals surface area contributed by atoms with Crippen LogP contribution in [-0.2, 0) is 0 Å². The molecule has 0 aliphatic heterocycles. The molecule has 0 radical (unpaired) electrons. The molecule has 3 aromatic heterocycles. The number of benzene rings is 1. The van der Waals surface area contributed by atoms with Gasteiger partial charge in [-0.15, -0.1) is 0 Å². The van der Waals surface area contributed by atoms with Gasteiger partial charge in [-0.05, 0) is 36.6 Å². The summed E-state index contributed by atoms with van der Waals surface area (Å²) in [6.07, 6.45) is 7.71. The zero-order chi connectivity index (χ0) is 19.1. The number of fused-ring (bicyclic) bond motifs is 1. The molecule has 7 nitrogen and oxygen atoms in total. The van der Waals surface area contributed by atoms with Gasteiger partial charge in [0, 0.05) is 35.0 Å². The Bertz CT molecular complexity index is 1160. The van der Waals surface area contributed by atoms with Gasteiger partial charge in [0.1, 0.15) is 11.3 Å². The van der Waals surface area contributed by atoms with E-state index in [1.807, 2.05) is 30.5 Å². The predicted octanol–water partition coefficient (Wildman–Crippen LogP) is 4.70. The van der Waals surface area contributed by atoms with Crippen molar-refractivity contribution in [2.75, 3.05) is 12.4 Å². The van der Waals surface area contributed by atoms with Crippen molar-refractivity contribution in [1.29, 1.82) is 0 Å². The Hall–Kier alpha value is -3.19. The topological polar surface area (TPSA) is 88.6 Å². The summed E-state index contributed by atoms with van der Waals surface area (Å²) >= 11 is 6.38. The summed E-state index contributed by atoms with van der Waals surface area (Å²) in [6, 6.07) is 7.87. The summed E-state index contributed by atoms with van der Waals surface area (Å²) < 4.78 is 5.53. The van der Waals surface area contributed by atoms with Crippen molar-refractivity contribution in [2.45, 2.75) is 18.8 Å². The standard InChI is InChI=1S/C20H17ClN6O/c1-28-17-7-12(14-9-23-24-10-14)4-5-15(17)26-20-22-8-13-6-16(11-2-3-11)25-19(21)18(13)27-20/h4-11H,2-3H2,1H3,(H,23,24)(H,22,26,27). The number of hydrogen-bond acceptors (Lipinski definition) is 6. The van der Waals surface area contributed by atoms with Gasteiger partial charge >= 0.3 is 0 Å². The van der Waals surface area contributed by atoms with E-state index in [-0.39, 0.29) is 0 Å². The summed E-state index contributed by atoms with van der Waals surface area (Å²) in [6.45, 7) is 0. The second-order valence-electron chi connectivity index (χ2n) is 6.77. The number of nitrogens with one attached hydrogen (secondary N) is 2. The average Bonchev–Trinajstić information content (AvgIpc) is 3.43. The largest absolute Gasteiger partial charge is 0.495 e. The molecule has 140 valence electrons. The highest BCUT2D eigenvalue weighted by Gasteiger charge is 2.26. The van der Waals surface area contributed by atoms with Gasteiger partial charge in [-0.3, -0.25) is 5.10 Å². The Balaban J connectivity index is 1.47. The van der Waals surface area contributed by atoms with Crippen molar-refractivity contribution < 1.29 is 4.74 Å². The van der Waals surface area contributed by atoms with Gasteiger partial charge in [0.2, 0.25) is 5.95 Å². The summed E-state index contributed by atoms with van der Waals surface area (Å²) in [5.41, 5.74) is 4.40. The summed E-state index contributed by atoms with van der Waals surface area (Å²) in [7, 11) is 1.63. The molecule has 0 saturated heterocycles. The number of ether oxygens (including phenoxy) is 1. The van der Waals surface area contributed by atoms with Gasteiger partial charge in [-0.2, -0.15) is 5.10 Å². The van der Waals surface area contributed by atoms with Crippen LogP contribution in [-0.4, -0.2) is 32.3 Å². The molecule has 3 heterocycles. The third-order valence-electron chi connectivity index (χ3n) is 4.82. The second kappa shape index (κ2) is 6.76. The van der Waals surface area contributed by atoms with E-state index in [0.717, 1.165) is 27.9 Å². The van der Waals surface area contributed by atoms with Crippen LogP contribution in [0.1, 0.15) is 24.5 Å². The fourth-order valence-electron chi connectivity index (χ4n) is 3.17. The fraction of sp³-hybridized carbons (Fsp3) is 0.200. The Kier molecular flexibility index (Phi) is 4.09. The maximum Gasteiger partial charge on any atom is 0.227 e. The number of rotatable bonds is 5. The van der Waals surface area contributed by atoms with E-state index in [9.17, 15) is 0 Å². The van der Waals surface area contributed by atoms with Crippen molar-refractivity contribution in [3.05, 3.63) is 53.7 Å². The molecule has 1 aliphatic carbocycles. The molecule has 0 spiro atoms. The number of H-pyrrole nitrogens is 1. The van der Waals surface area contributed by atoms with Crippen molar-refractivity contribution in [1.82, 2.24) is 25.1 Å². The number of nitrogens with zero attached hydrogens (tertiary/aromatic N) is 4. The highest BCUT2D eigenvalue weighted by Crippen LogP contribution is 2.40. The van der Waals surface area contributed by atoms with Crippen LogP contribution >= 0.6 is 11.6 Å². The zero-order valence-electron chi connectivity index (χ0n) is 15.1. The minimum atomic E-state index is 0.409. The molecular formula is C20H17ClN6O. The van der Waals surface area contributed by atoms with Crippen LogP contribution in [0.5, 0.6) is 5.75 Å². The van der Waals surface area contributed by atoms with E-state index in [1.165, 1.54) is 12.8 Å². The van der Waals surface area contributed by atoms with Crippen LogP contribution in [0.25, 0.3) is 22.0 Å². The first-order valence-corrected chi connectivity index (χ1v) is 9.36. The van der Waals surface area contributed by atoms with Crippen LogP contribution in [0.2, 0.25) is 5.15 Å². The van der Waals surface area contributed by atoms with E-state index in [2.05, 4.69) is 30.5 Å². The molecule has 28 heavy (non-hydrogen) atoms. The molecule has 5 rings (SSSR count). The van der Waals surface area contributed by atoms with Crippen LogP contribution in [0.3, 0.4) is 0 Å². The lowest BCUT2D eigenvalue weighted by atomic mass is 10.1. The van der Waals surface area contributed by atoms with Gasteiger partial charge < -0.3 is 10.1 Å². The molecule has 0 amide bonds. The number of aromatic nitrogens is 5. The van der Waals surface area contributed by atoms with Crippen LogP contribution < -0.4 is 10.1 Å². The van der Waals surface area contributed by atoms with E-state index in [1.54, 1.807) is 19.5 Å². The van der Waals surface area contributed by atoms with E-state index in [0.29, 0.717) is 28.3 Å². The summed E-state index contributed by atoms with van der Waals surface area (Å²) in [4.78, 5) is 13.5. The zero-order valence-corrected chi connectivity index (χ0v) is 15.9. The smallest absolute Gasteiger partial charge is 0.227 e. The van der Waals surface area contributed by atoms with Crippen molar-refractivity contribution in [3.63, 3.8) is 0 Å². The van der Waals surface area contributed by atoms with Crippen molar-refractivity contribution in [2.24, 2.45) is 0 Å². The number of hydrogen-bond donors (Lipinski definition) is 2. The monoisotopic (exact) mass is 392 g/mol. The molecule has 4 aromatic rings. The van der Waals surface area contributed by atoms with Gasteiger partial charge in [-0.1, -0.05) is 17.7 Å². The molecule has 0 bridgehead atoms. The number of aromatic amines is 1. The fourth-order valence-corrected chi connectivity index (χ4v) is 3.42. The quantitative estimate of drug-likeness (QED) is 0.478. The molecular weight excluding hydrogens is 376 g/mol. The highest BCUT2D eigenvalue weighted by atomic mass is 35.5. The Morgan fingerprint density at radius 3 is 2.79 bits per heavy atom. The van der Waals surface area contributed by atoms with Crippen molar-refractivity contribution >= 4 is 34.1 Å². The first kappa shape index (κ1) is 16.9. The maximum atomic E-state index is 6.38. The lowest BCUT2D eigenvalue weighted by molar-refractivity contribution is 0.417. The van der Waals surface area contributed by atoms with E-state index >= 15 is 0 Å². The van der Waals surface area contributed by atoms with Crippen LogP contribution in [0, 0.1) is 0 Å². The van der Waals surface area contributed by atoms with Crippen LogP contribution in [0.15, 0.2) is 42.9 Å². The molecule has 1 aromatic carbocycles. The molecule has 0 atom stereocenters. The number of halogens is 1. The third kappa shape index (κ3) is 3.14. The Labute approximate surface area is 166 Å². The van der Waals surface area contributed by atoms with Crippen molar-refractivity contribution in [3.8, 4) is 16.9 Å². The molecule has 8 heteroatoms. The first-order chi connectivity index (χ1) is 13.7. The lowest BCUT2D eigenvalue weighted by Gasteiger charge is -2.12. The predicted molar refractivity (Wildman–Crippen MR) is 108 cm³/mol. The minimum absolute atomic E-state index is 0.409. The molecule has 1 aliphatic rings. The van der Waals surface area contributed by atoms with Gasteiger partial charge in [0.25, 0.3) is 0 Å². The van der Waals surface area contributed by atoms with Gasteiger partial charge in [0.05, 0.1) is 19.0 Å². The molecule has 1 saturated carbocycles. The molecule has 2 N–H and O–H groups in total. The first-order valence-electron chi connectivity index (χ1n) is 8.98. The molecule has 0 unspecified atom stereocenters. The summed E-state index contributed by atoms with van der Waals surface area (Å²) in [5, 5.41) is 11.3. The average molecular weight is 393 g/mol. The SMILES string of the molecule is COc1cc(-c2cn[nH]c2)ccc1Nc1ncc2cc(C3CC3)nc(Cl)c2n1. The van der Waals surface area contributed by atoms with Gasteiger partial charge in [-0.25, -0.2) is 15.0 Å². The Morgan fingerprint density at radius 1 is 1.14 bits per heavy atom. The number of pyridine rings is 1. The molecule has 1 fully saturated rings. The highest BCUT2D eigenvalue weighted by molar-refractivity contribution is 6.33. The van der Waals surface area contributed by atoms with Gasteiger partial charge in [0.15, 0.2) is 5.15 Å². The van der Waals surface area contributed by atoms with Crippen LogP contribution in [0.4, 0.5) is 11.6 Å². The number of methoxy groups -OCH3 is 1. The number of anilines is 2.